The smallest absolute Gasteiger partial charge is 0.252 e. The lowest BCUT2D eigenvalue weighted by Gasteiger charge is -2.20. The zero-order valence-corrected chi connectivity index (χ0v) is 13.1. The molecule has 21 heavy (non-hydrogen) atoms. The molecule has 1 aromatic heterocycles. The molecule has 0 spiro atoms. The summed E-state index contributed by atoms with van der Waals surface area (Å²) in [5.41, 5.74) is 3.21. The van der Waals surface area contributed by atoms with Gasteiger partial charge in [-0.2, -0.15) is 0 Å². The average Bonchev–Trinajstić information content (AvgIpc) is 2.93. The van der Waals surface area contributed by atoms with Gasteiger partial charge in [-0.3, -0.25) is 4.79 Å². The van der Waals surface area contributed by atoms with Crippen LogP contribution in [0.2, 0.25) is 0 Å². The quantitative estimate of drug-likeness (QED) is 0.916. The van der Waals surface area contributed by atoms with Gasteiger partial charge in [0.2, 0.25) is 0 Å². The second kappa shape index (κ2) is 5.95. The Balaban J connectivity index is 1.79. The maximum absolute atomic E-state index is 12.6. The van der Waals surface area contributed by atoms with E-state index < -0.39 is 0 Å². The van der Waals surface area contributed by atoms with Crippen LogP contribution in [0.4, 0.5) is 0 Å². The van der Waals surface area contributed by atoms with Crippen LogP contribution in [-0.4, -0.2) is 17.4 Å². The van der Waals surface area contributed by atoms with Crippen molar-refractivity contribution in [2.45, 2.75) is 32.9 Å². The second-order valence-electron chi connectivity index (χ2n) is 5.37. The molecule has 110 valence electrons. The largest absolute Gasteiger partial charge is 0.343 e. The van der Waals surface area contributed by atoms with E-state index in [0.717, 1.165) is 35.0 Å². The third-order valence-corrected chi connectivity index (χ3v) is 4.84. The summed E-state index contributed by atoms with van der Waals surface area (Å²) in [6, 6.07) is 5.90. The predicted molar refractivity (Wildman–Crippen MR) is 84.6 cm³/mol. The van der Waals surface area contributed by atoms with Gasteiger partial charge in [-0.15, -0.1) is 11.3 Å². The summed E-state index contributed by atoms with van der Waals surface area (Å²) in [6.45, 7) is 5.78. The topological polar surface area (TPSA) is 54.0 Å². The van der Waals surface area contributed by atoms with E-state index in [0.29, 0.717) is 0 Å². The van der Waals surface area contributed by atoms with Gasteiger partial charge < -0.3 is 10.6 Å². The molecule has 0 saturated carbocycles. The van der Waals surface area contributed by atoms with E-state index in [9.17, 15) is 4.79 Å². The average molecular weight is 301 g/mol. The molecular formula is C16H19N3OS. The summed E-state index contributed by atoms with van der Waals surface area (Å²) in [5, 5.41) is 7.35. The van der Waals surface area contributed by atoms with Crippen LogP contribution in [0, 0.1) is 6.92 Å². The SMILES string of the molecule is Cc1cnc(C(C)NC(=O)c2cccc3c2CCNC3)s1. The first-order chi connectivity index (χ1) is 10.1. The van der Waals surface area contributed by atoms with Crippen molar-refractivity contribution in [3.05, 3.63) is 51.0 Å². The molecule has 0 saturated heterocycles. The number of carbonyl (C=O) groups excluding carboxylic acids is 1. The molecule has 0 bridgehead atoms. The van der Waals surface area contributed by atoms with Gasteiger partial charge in [0.1, 0.15) is 5.01 Å². The fraction of sp³-hybridized carbons (Fsp3) is 0.375. The zero-order chi connectivity index (χ0) is 14.8. The summed E-state index contributed by atoms with van der Waals surface area (Å²) < 4.78 is 0. The molecule has 1 aliphatic heterocycles. The minimum atomic E-state index is -0.0613. The molecule has 3 rings (SSSR count). The van der Waals surface area contributed by atoms with E-state index in [1.807, 2.05) is 32.2 Å². The molecule has 4 nitrogen and oxygen atoms in total. The van der Waals surface area contributed by atoms with Crippen molar-refractivity contribution < 1.29 is 4.79 Å². The van der Waals surface area contributed by atoms with E-state index in [4.69, 9.17) is 0 Å². The lowest BCUT2D eigenvalue weighted by atomic mass is 9.95. The van der Waals surface area contributed by atoms with Crippen LogP contribution < -0.4 is 10.6 Å². The monoisotopic (exact) mass is 301 g/mol. The van der Waals surface area contributed by atoms with Crippen molar-refractivity contribution in [1.29, 1.82) is 0 Å². The van der Waals surface area contributed by atoms with Crippen LogP contribution in [0.25, 0.3) is 0 Å². The number of aromatic nitrogens is 1. The third kappa shape index (κ3) is 2.99. The molecule has 0 aliphatic carbocycles. The maximum atomic E-state index is 12.6. The van der Waals surface area contributed by atoms with Crippen LogP contribution >= 0.6 is 11.3 Å². The Kier molecular flexibility index (Phi) is 4.03. The minimum absolute atomic E-state index is 0.00546. The number of nitrogens with one attached hydrogen (secondary N) is 2. The molecule has 2 aromatic rings. The lowest BCUT2D eigenvalue weighted by Crippen LogP contribution is -2.30. The van der Waals surface area contributed by atoms with E-state index in [1.54, 1.807) is 11.3 Å². The van der Waals surface area contributed by atoms with Crippen LogP contribution in [0.5, 0.6) is 0 Å². The van der Waals surface area contributed by atoms with Gasteiger partial charge >= 0.3 is 0 Å². The summed E-state index contributed by atoms with van der Waals surface area (Å²) in [4.78, 5) is 18.1. The van der Waals surface area contributed by atoms with E-state index in [1.165, 1.54) is 11.1 Å². The fourth-order valence-corrected chi connectivity index (χ4v) is 3.43. The molecular weight excluding hydrogens is 282 g/mol. The van der Waals surface area contributed by atoms with Crippen molar-refractivity contribution in [3.63, 3.8) is 0 Å². The second-order valence-corrected chi connectivity index (χ2v) is 6.64. The highest BCUT2D eigenvalue weighted by Gasteiger charge is 2.19. The predicted octanol–water partition coefficient (Wildman–Crippen LogP) is 2.59. The lowest BCUT2D eigenvalue weighted by molar-refractivity contribution is 0.0938. The molecule has 2 N–H and O–H groups in total. The Bertz CT molecular complexity index is 665. The van der Waals surface area contributed by atoms with Crippen molar-refractivity contribution in [2.24, 2.45) is 0 Å². The van der Waals surface area contributed by atoms with Crippen LogP contribution in [0.15, 0.2) is 24.4 Å². The number of carbonyl (C=O) groups is 1. The summed E-state index contributed by atoms with van der Waals surface area (Å²) >= 11 is 1.63. The molecule has 5 heteroatoms. The van der Waals surface area contributed by atoms with Crippen molar-refractivity contribution >= 4 is 17.2 Å². The fourth-order valence-electron chi connectivity index (χ4n) is 2.65. The van der Waals surface area contributed by atoms with E-state index in [-0.39, 0.29) is 11.9 Å². The zero-order valence-electron chi connectivity index (χ0n) is 12.3. The van der Waals surface area contributed by atoms with Crippen molar-refractivity contribution in [1.82, 2.24) is 15.6 Å². The number of hydrogen-bond acceptors (Lipinski definition) is 4. The van der Waals surface area contributed by atoms with E-state index in [2.05, 4.69) is 21.7 Å². The Morgan fingerprint density at radius 2 is 2.33 bits per heavy atom. The van der Waals surface area contributed by atoms with Gasteiger partial charge in [-0.1, -0.05) is 12.1 Å². The molecule has 1 atom stereocenters. The van der Waals surface area contributed by atoms with Gasteiger partial charge in [-0.25, -0.2) is 4.98 Å². The number of aryl methyl sites for hydroxylation is 1. The number of hydrogen-bond donors (Lipinski definition) is 2. The van der Waals surface area contributed by atoms with Crippen molar-refractivity contribution in [2.75, 3.05) is 6.54 Å². The highest BCUT2D eigenvalue weighted by molar-refractivity contribution is 7.11. The molecule has 1 unspecified atom stereocenters. The first-order valence-corrected chi connectivity index (χ1v) is 8.01. The van der Waals surface area contributed by atoms with Crippen LogP contribution in [-0.2, 0) is 13.0 Å². The molecule has 1 aliphatic rings. The first-order valence-electron chi connectivity index (χ1n) is 7.20. The minimum Gasteiger partial charge on any atom is -0.343 e. The molecule has 0 fully saturated rings. The number of rotatable bonds is 3. The summed E-state index contributed by atoms with van der Waals surface area (Å²) in [7, 11) is 0. The normalized spacial score (nSPS) is 15.3. The van der Waals surface area contributed by atoms with Gasteiger partial charge in [0.05, 0.1) is 6.04 Å². The van der Waals surface area contributed by atoms with Gasteiger partial charge in [0.15, 0.2) is 0 Å². The molecule has 1 aromatic carbocycles. The number of fused-ring (bicyclic) bond motifs is 1. The first kappa shape index (κ1) is 14.2. The Morgan fingerprint density at radius 1 is 1.48 bits per heavy atom. The van der Waals surface area contributed by atoms with Crippen LogP contribution in [0.3, 0.4) is 0 Å². The Hall–Kier alpha value is -1.72. The molecule has 2 heterocycles. The third-order valence-electron chi connectivity index (χ3n) is 3.74. The Morgan fingerprint density at radius 3 is 3.10 bits per heavy atom. The van der Waals surface area contributed by atoms with Crippen molar-refractivity contribution in [3.8, 4) is 0 Å². The molecule has 1 amide bonds. The number of nitrogens with zero attached hydrogens (tertiary/aromatic N) is 1. The molecule has 0 radical (unpaired) electrons. The van der Waals surface area contributed by atoms with Crippen LogP contribution in [0.1, 0.15) is 44.3 Å². The highest BCUT2D eigenvalue weighted by Crippen LogP contribution is 2.22. The van der Waals surface area contributed by atoms with Gasteiger partial charge in [0, 0.05) is 23.2 Å². The number of benzene rings is 1. The maximum Gasteiger partial charge on any atom is 0.252 e. The van der Waals surface area contributed by atoms with Gasteiger partial charge in [0.25, 0.3) is 5.91 Å². The van der Waals surface area contributed by atoms with Gasteiger partial charge in [-0.05, 0) is 44.0 Å². The number of amides is 1. The highest BCUT2D eigenvalue weighted by atomic mass is 32.1. The summed E-state index contributed by atoms with van der Waals surface area (Å²) in [5.74, 6) is -0.00546. The Labute approximate surface area is 128 Å². The summed E-state index contributed by atoms with van der Waals surface area (Å²) in [6.07, 6.45) is 2.75. The van der Waals surface area contributed by atoms with E-state index >= 15 is 0 Å². The standard InChI is InChI=1S/C16H19N3OS/c1-10-8-18-16(21-10)11(2)19-15(20)14-5-3-4-12-9-17-7-6-13(12)14/h3-5,8,11,17H,6-7,9H2,1-2H3,(H,19,20). The number of thiazole rings is 1.